The van der Waals surface area contributed by atoms with E-state index in [0.29, 0.717) is 16.2 Å². The van der Waals surface area contributed by atoms with Crippen LogP contribution in [0.2, 0.25) is 0 Å². The van der Waals surface area contributed by atoms with Crippen molar-refractivity contribution in [3.05, 3.63) is 46.7 Å². The van der Waals surface area contributed by atoms with Crippen LogP contribution in [0.5, 0.6) is 0 Å². The number of ether oxygens (including phenoxy) is 1. The predicted molar refractivity (Wildman–Crippen MR) is 124 cm³/mol. The lowest BCUT2D eigenvalue weighted by molar-refractivity contribution is -0.192. The maximum Gasteiger partial charge on any atom is 0.352 e. The standard InChI is InChI=1S/C23H23N3O9S/c1-11-10-36-22-23(35-2,21(34)26(22)16(11)20(32)33)24-15(27)9-5-8-14(19(30)31)25-17(28)12-6-3-4-7-13(12)18(25)29/h3-4,6-7,14,22H,5,8-10H2,1-2H3,(H,24,27)(H,30,31)(H,32,33)/t14?,22-,23?/m0/s1. The first-order valence-corrected chi connectivity index (χ1v) is 12.0. The lowest BCUT2D eigenvalue weighted by Gasteiger charge is -2.55. The second-order valence-corrected chi connectivity index (χ2v) is 9.60. The van der Waals surface area contributed by atoms with Gasteiger partial charge in [-0.1, -0.05) is 12.1 Å². The molecule has 0 aromatic heterocycles. The van der Waals surface area contributed by atoms with Crippen molar-refractivity contribution in [1.82, 2.24) is 15.1 Å². The first-order chi connectivity index (χ1) is 17.0. The van der Waals surface area contributed by atoms with E-state index in [-0.39, 0.29) is 36.1 Å². The number of methoxy groups -OCH3 is 1. The molecular formula is C23H23N3O9S. The van der Waals surface area contributed by atoms with Crippen molar-refractivity contribution in [2.24, 2.45) is 0 Å². The number of carbonyl (C=O) groups is 6. The summed E-state index contributed by atoms with van der Waals surface area (Å²) in [6.45, 7) is 1.61. The van der Waals surface area contributed by atoms with Gasteiger partial charge in [-0.3, -0.25) is 29.0 Å². The molecule has 1 fully saturated rings. The van der Waals surface area contributed by atoms with Crippen LogP contribution in [0.25, 0.3) is 0 Å². The molecule has 0 aliphatic carbocycles. The number of carboxylic acid groups (broad SMARTS) is 2. The molecule has 3 aliphatic heterocycles. The number of carboxylic acids is 2. The van der Waals surface area contributed by atoms with Gasteiger partial charge < -0.3 is 20.3 Å². The van der Waals surface area contributed by atoms with Crippen LogP contribution < -0.4 is 5.32 Å². The van der Waals surface area contributed by atoms with Crippen LogP contribution in [0, 0.1) is 0 Å². The number of aliphatic carboxylic acids is 2. The molecule has 3 N–H and O–H groups in total. The lowest BCUT2D eigenvalue weighted by atomic mass is 9.98. The molecule has 3 atom stereocenters. The van der Waals surface area contributed by atoms with Gasteiger partial charge in [0.25, 0.3) is 23.4 Å². The van der Waals surface area contributed by atoms with E-state index < -0.39 is 52.7 Å². The lowest BCUT2D eigenvalue weighted by Crippen LogP contribution is -2.80. The van der Waals surface area contributed by atoms with Crippen LogP contribution in [-0.4, -0.2) is 85.6 Å². The Morgan fingerprint density at radius 2 is 1.78 bits per heavy atom. The first-order valence-electron chi connectivity index (χ1n) is 11.0. The SMILES string of the molecule is COC1(NC(=O)CCCC(C(=O)O)N2C(=O)c3ccccc3C2=O)C(=O)N2C(C(=O)O)=C(C)CS[C@H]21. The molecule has 4 rings (SSSR count). The number of carbonyl (C=O) groups excluding carboxylic acids is 4. The highest BCUT2D eigenvalue weighted by atomic mass is 32.2. The Hall–Kier alpha value is -3.71. The molecular weight excluding hydrogens is 494 g/mol. The number of hydrogen-bond donors (Lipinski definition) is 3. The second-order valence-electron chi connectivity index (χ2n) is 8.53. The van der Waals surface area contributed by atoms with Gasteiger partial charge in [0.05, 0.1) is 11.1 Å². The molecule has 2 unspecified atom stereocenters. The molecule has 3 aliphatic rings. The van der Waals surface area contributed by atoms with E-state index in [4.69, 9.17) is 4.74 Å². The Morgan fingerprint density at radius 3 is 2.31 bits per heavy atom. The molecule has 0 saturated carbocycles. The van der Waals surface area contributed by atoms with Gasteiger partial charge in [0.2, 0.25) is 5.91 Å². The summed E-state index contributed by atoms with van der Waals surface area (Å²) in [4.78, 5) is 76.1. The van der Waals surface area contributed by atoms with Crippen LogP contribution in [0.4, 0.5) is 0 Å². The Bertz CT molecular complexity index is 1190. The van der Waals surface area contributed by atoms with E-state index >= 15 is 0 Å². The van der Waals surface area contributed by atoms with Crippen molar-refractivity contribution in [2.75, 3.05) is 12.9 Å². The van der Waals surface area contributed by atoms with E-state index in [1.165, 1.54) is 31.0 Å². The number of thioether (sulfide) groups is 1. The number of β-lactam (4-membered cyclic amide) rings is 1. The van der Waals surface area contributed by atoms with Crippen molar-refractivity contribution >= 4 is 47.3 Å². The van der Waals surface area contributed by atoms with E-state index in [9.17, 15) is 39.0 Å². The van der Waals surface area contributed by atoms with Gasteiger partial charge in [-0.2, -0.15) is 0 Å². The topological polar surface area (TPSA) is 171 Å². The van der Waals surface area contributed by atoms with Gasteiger partial charge in [-0.25, -0.2) is 9.59 Å². The minimum Gasteiger partial charge on any atom is -0.480 e. The summed E-state index contributed by atoms with van der Waals surface area (Å²) < 4.78 is 5.35. The summed E-state index contributed by atoms with van der Waals surface area (Å²) >= 11 is 1.25. The number of fused-ring (bicyclic) bond motifs is 2. The van der Waals surface area contributed by atoms with Gasteiger partial charge >= 0.3 is 11.9 Å². The third kappa shape index (κ3) is 3.84. The highest BCUT2D eigenvalue weighted by Crippen LogP contribution is 2.46. The molecule has 0 radical (unpaired) electrons. The van der Waals surface area contributed by atoms with Crippen LogP contribution in [0.3, 0.4) is 0 Å². The third-order valence-corrected chi connectivity index (χ3v) is 7.83. The van der Waals surface area contributed by atoms with Crippen molar-refractivity contribution < 1.29 is 43.7 Å². The van der Waals surface area contributed by atoms with E-state index in [1.807, 2.05) is 0 Å². The number of nitrogens with one attached hydrogen (secondary N) is 1. The Kier molecular flexibility index (Phi) is 6.62. The van der Waals surface area contributed by atoms with Crippen molar-refractivity contribution in [3.8, 4) is 0 Å². The number of benzene rings is 1. The minimum absolute atomic E-state index is 0.00883. The maximum absolute atomic E-state index is 12.9. The molecule has 0 spiro atoms. The van der Waals surface area contributed by atoms with Crippen molar-refractivity contribution in [1.29, 1.82) is 0 Å². The summed E-state index contributed by atoms with van der Waals surface area (Å²) in [5, 5.41) is 20.9. The van der Waals surface area contributed by atoms with Crippen LogP contribution in [-0.2, 0) is 23.9 Å². The average molecular weight is 518 g/mol. The Balaban J connectivity index is 1.40. The van der Waals surface area contributed by atoms with Crippen LogP contribution in [0.15, 0.2) is 35.5 Å². The minimum atomic E-state index is -1.75. The summed E-state index contributed by atoms with van der Waals surface area (Å²) in [6, 6.07) is 4.57. The maximum atomic E-state index is 12.9. The highest BCUT2D eigenvalue weighted by molar-refractivity contribution is 8.00. The predicted octanol–water partition coefficient (Wildman–Crippen LogP) is 0.639. The van der Waals surface area contributed by atoms with Gasteiger partial charge in [-0.15, -0.1) is 11.8 Å². The number of nitrogens with zero attached hydrogens (tertiary/aromatic N) is 2. The van der Waals surface area contributed by atoms with Gasteiger partial charge in [0.15, 0.2) is 0 Å². The van der Waals surface area contributed by atoms with E-state index in [1.54, 1.807) is 19.1 Å². The molecule has 1 aromatic carbocycles. The fourth-order valence-corrected chi connectivity index (χ4v) is 6.00. The number of imide groups is 1. The fraction of sp³-hybridized carbons (Fsp3) is 0.391. The Labute approximate surface area is 209 Å². The molecule has 1 saturated heterocycles. The number of rotatable bonds is 9. The quantitative estimate of drug-likeness (QED) is 0.240. The number of hydrogen-bond acceptors (Lipinski definition) is 8. The smallest absolute Gasteiger partial charge is 0.352 e. The van der Waals surface area contributed by atoms with Gasteiger partial charge in [0.1, 0.15) is 17.1 Å². The average Bonchev–Trinajstić information content (AvgIpc) is 3.09. The first kappa shape index (κ1) is 25.4. The van der Waals surface area contributed by atoms with Crippen LogP contribution >= 0.6 is 11.8 Å². The fourth-order valence-electron chi connectivity index (χ4n) is 4.61. The summed E-state index contributed by atoms with van der Waals surface area (Å²) in [5.74, 6) is -5.07. The second kappa shape index (κ2) is 9.39. The zero-order valence-electron chi connectivity index (χ0n) is 19.3. The molecule has 1 aromatic rings. The molecule has 36 heavy (non-hydrogen) atoms. The van der Waals surface area contributed by atoms with Gasteiger partial charge in [0, 0.05) is 19.3 Å². The van der Waals surface area contributed by atoms with E-state index in [0.717, 1.165) is 4.90 Å². The molecule has 0 bridgehead atoms. The molecule has 4 amide bonds. The van der Waals surface area contributed by atoms with E-state index in [2.05, 4.69) is 5.32 Å². The highest BCUT2D eigenvalue weighted by Gasteiger charge is 2.66. The number of amides is 4. The zero-order chi connectivity index (χ0) is 26.4. The third-order valence-electron chi connectivity index (χ3n) is 6.37. The van der Waals surface area contributed by atoms with Crippen LogP contribution in [0.1, 0.15) is 46.9 Å². The largest absolute Gasteiger partial charge is 0.480 e. The molecule has 13 heteroatoms. The zero-order valence-corrected chi connectivity index (χ0v) is 20.2. The monoisotopic (exact) mass is 517 g/mol. The summed E-state index contributed by atoms with van der Waals surface area (Å²) in [7, 11) is 1.23. The Morgan fingerprint density at radius 1 is 1.17 bits per heavy atom. The van der Waals surface area contributed by atoms with Gasteiger partial charge in [-0.05, 0) is 37.5 Å². The normalized spacial score (nSPS) is 23.7. The van der Waals surface area contributed by atoms with Crippen molar-refractivity contribution in [2.45, 2.75) is 43.3 Å². The van der Waals surface area contributed by atoms with Crippen molar-refractivity contribution in [3.63, 3.8) is 0 Å². The summed E-state index contributed by atoms with van der Waals surface area (Å²) in [5.41, 5.74) is -1.14. The molecule has 12 nitrogen and oxygen atoms in total. The molecule has 3 heterocycles. The molecule has 190 valence electrons. The summed E-state index contributed by atoms with van der Waals surface area (Å²) in [6.07, 6.45) is -0.411.